The number of hydrogen-bond acceptors (Lipinski definition) is 5. The molecule has 0 aromatic rings. The third-order valence-electron chi connectivity index (χ3n) is 3.70. The van der Waals surface area contributed by atoms with Crippen molar-refractivity contribution in [2.45, 2.75) is 46.6 Å². The van der Waals surface area contributed by atoms with Crippen LogP contribution in [0.15, 0.2) is 64.4 Å². The lowest BCUT2D eigenvalue weighted by molar-refractivity contribution is -0.178. The molecule has 1 unspecified atom stereocenters. The smallest absolute Gasteiger partial charge is 0.376 e. The van der Waals surface area contributed by atoms with Gasteiger partial charge in [-0.2, -0.15) is 0 Å². The summed E-state index contributed by atoms with van der Waals surface area (Å²) in [5, 5.41) is 0. The standard InChI is InChI=1S/C22H28FNO4/c1-5-6-7-8-9-17(4)15-27-20-11-10-18(21(25)14-24-16(2)3)12-19(13-20)22(26)28-23/h6-12,14,16-17H,5,13,15H2,1-4H3/b7-6-,9-8-,24-14?. The molecule has 0 aliphatic heterocycles. The van der Waals surface area contributed by atoms with Gasteiger partial charge in [0.15, 0.2) is 0 Å². The third-order valence-corrected chi connectivity index (χ3v) is 3.70. The zero-order chi connectivity index (χ0) is 20.9. The van der Waals surface area contributed by atoms with Crippen molar-refractivity contribution in [2.75, 3.05) is 6.61 Å². The zero-order valence-electron chi connectivity index (χ0n) is 16.9. The zero-order valence-corrected chi connectivity index (χ0v) is 16.9. The highest BCUT2D eigenvalue weighted by molar-refractivity contribution is 6.36. The van der Waals surface area contributed by atoms with Crippen LogP contribution in [-0.4, -0.2) is 30.6 Å². The lowest BCUT2D eigenvalue weighted by Gasteiger charge is -2.12. The minimum absolute atomic E-state index is 0.00197. The van der Waals surface area contributed by atoms with E-state index in [0.29, 0.717) is 12.4 Å². The molecule has 5 nitrogen and oxygen atoms in total. The van der Waals surface area contributed by atoms with Crippen LogP contribution in [0.2, 0.25) is 0 Å². The van der Waals surface area contributed by atoms with E-state index in [4.69, 9.17) is 4.74 Å². The predicted molar refractivity (Wildman–Crippen MR) is 108 cm³/mol. The first kappa shape index (κ1) is 23.3. The van der Waals surface area contributed by atoms with Crippen molar-refractivity contribution < 1.29 is 23.8 Å². The summed E-state index contributed by atoms with van der Waals surface area (Å²) < 4.78 is 18.2. The van der Waals surface area contributed by atoms with E-state index < -0.39 is 5.97 Å². The van der Waals surface area contributed by atoms with Crippen molar-refractivity contribution in [3.63, 3.8) is 0 Å². The number of nitrogens with zero attached hydrogens (tertiary/aromatic N) is 1. The van der Waals surface area contributed by atoms with Crippen LogP contribution in [0.25, 0.3) is 0 Å². The molecule has 0 saturated carbocycles. The van der Waals surface area contributed by atoms with Crippen LogP contribution in [0.5, 0.6) is 0 Å². The van der Waals surface area contributed by atoms with E-state index in [-0.39, 0.29) is 35.3 Å². The summed E-state index contributed by atoms with van der Waals surface area (Å²) in [4.78, 5) is 31.3. The van der Waals surface area contributed by atoms with Crippen molar-refractivity contribution in [2.24, 2.45) is 10.9 Å². The maximum Gasteiger partial charge on any atom is 0.376 e. The summed E-state index contributed by atoms with van der Waals surface area (Å²) >= 11 is 0. The summed E-state index contributed by atoms with van der Waals surface area (Å²) in [6, 6.07) is -0.0364. The first-order valence-electron chi connectivity index (χ1n) is 9.35. The highest BCUT2D eigenvalue weighted by Crippen LogP contribution is 2.21. The molecule has 0 aromatic carbocycles. The SMILES string of the molecule is CC/C=C\C=C/C(C)COC1=CC=C(C(=O)C=NC(C)C)C=C(C(=O)OF)C1. The molecule has 0 radical (unpaired) electrons. The Morgan fingerprint density at radius 3 is 2.64 bits per heavy atom. The Bertz CT molecular complexity index is 727. The average molecular weight is 389 g/mol. The molecule has 0 aromatic heterocycles. The molecule has 0 saturated heterocycles. The number of Topliss-reactive ketones (excluding diaryl/α,β-unsaturated/α-hetero) is 1. The topological polar surface area (TPSA) is 65.0 Å². The van der Waals surface area contributed by atoms with E-state index in [9.17, 15) is 14.1 Å². The Morgan fingerprint density at radius 1 is 1.25 bits per heavy atom. The van der Waals surface area contributed by atoms with E-state index in [0.717, 1.165) is 6.42 Å². The molecule has 152 valence electrons. The number of rotatable bonds is 10. The van der Waals surface area contributed by atoms with Gasteiger partial charge in [-0.1, -0.05) is 38.2 Å². The number of ketones is 1. The number of hydrogen-bond donors (Lipinski definition) is 0. The van der Waals surface area contributed by atoms with Crippen molar-refractivity contribution in [3.8, 4) is 0 Å². The minimum Gasteiger partial charge on any atom is -0.497 e. The Hall–Kier alpha value is -2.76. The fourth-order valence-corrected chi connectivity index (χ4v) is 2.20. The number of carbonyl (C=O) groups is 2. The van der Waals surface area contributed by atoms with E-state index in [2.05, 4.69) is 16.9 Å². The van der Waals surface area contributed by atoms with Crippen molar-refractivity contribution in [3.05, 3.63) is 59.4 Å². The van der Waals surface area contributed by atoms with Crippen LogP contribution in [0.4, 0.5) is 4.53 Å². The molecular weight excluding hydrogens is 361 g/mol. The molecular formula is C22H28FNO4. The van der Waals surface area contributed by atoms with Gasteiger partial charge in [0.1, 0.15) is 5.76 Å². The molecule has 0 heterocycles. The highest BCUT2D eigenvalue weighted by atomic mass is 19.3. The van der Waals surface area contributed by atoms with Crippen LogP contribution in [0, 0.1) is 5.92 Å². The summed E-state index contributed by atoms with van der Waals surface area (Å²) in [6.07, 6.45) is 14.6. The second-order valence-electron chi connectivity index (χ2n) is 6.71. The highest BCUT2D eigenvalue weighted by Gasteiger charge is 2.20. The normalized spacial score (nSPS) is 16.1. The number of aliphatic imine (C=N–C) groups is 1. The molecule has 1 atom stereocenters. The van der Waals surface area contributed by atoms with Crippen LogP contribution >= 0.6 is 0 Å². The maximum atomic E-state index is 12.4. The summed E-state index contributed by atoms with van der Waals surface area (Å²) in [6.45, 7) is 8.11. The molecule has 1 aliphatic rings. The van der Waals surface area contributed by atoms with E-state index >= 15 is 0 Å². The van der Waals surface area contributed by atoms with Gasteiger partial charge in [-0.05, 0) is 38.5 Å². The molecule has 28 heavy (non-hydrogen) atoms. The van der Waals surface area contributed by atoms with Gasteiger partial charge in [0.25, 0.3) is 0 Å². The average Bonchev–Trinajstić information content (AvgIpc) is 2.90. The van der Waals surface area contributed by atoms with Crippen LogP contribution in [0.3, 0.4) is 0 Å². The Labute approximate surface area is 165 Å². The minimum atomic E-state index is -1.14. The number of carbonyl (C=O) groups excluding carboxylic acids is 2. The van der Waals surface area contributed by atoms with Crippen LogP contribution < -0.4 is 0 Å². The predicted octanol–water partition coefficient (Wildman–Crippen LogP) is 4.78. The fraction of sp³-hybridized carbons (Fsp3) is 0.409. The second kappa shape index (κ2) is 12.6. The lowest BCUT2D eigenvalue weighted by Crippen LogP contribution is -2.09. The van der Waals surface area contributed by atoms with Crippen molar-refractivity contribution in [1.29, 1.82) is 0 Å². The Morgan fingerprint density at radius 2 is 2.00 bits per heavy atom. The quantitative estimate of drug-likeness (QED) is 0.398. The fourth-order valence-electron chi connectivity index (χ4n) is 2.20. The maximum absolute atomic E-state index is 12.4. The van der Waals surface area contributed by atoms with Gasteiger partial charge in [-0.15, -0.1) is 0 Å². The van der Waals surface area contributed by atoms with Crippen LogP contribution in [-0.2, 0) is 19.3 Å². The van der Waals surface area contributed by atoms with Gasteiger partial charge in [0.2, 0.25) is 5.78 Å². The second-order valence-corrected chi connectivity index (χ2v) is 6.71. The van der Waals surface area contributed by atoms with Crippen LogP contribution in [0.1, 0.15) is 40.5 Å². The van der Waals surface area contributed by atoms with Gasteiger partial charge < -0.3 is 4.74 Å². The summed E-state index contributed by atoms with van der Waals surface area (Å²) in [5.74, 6) is -0.943. The number of allylic oxidation sites excluding steroid dienone is 8. The molecule has 0 amide bonds. The molecule has 0 N–H and O–H groups in total. The first-order chi connectivity index (χ1) is 13.4. The van der Waals surface area contributed by atoms with Gasteiger partial charge in [0, 0.05) is 34.1 Å². The van der Waals surface area contributed by atoms with Crippen molar-refractivity contribution >= 4 is 18.0 Å². The van der Waals surface area contributed by atoms with E-state index in [1.165, 1.54) is 18.4 Å². The third kappa shape index (κ3) is 8.75. The first-order valence-corrected chi connectivity index (χ1v) is 9.35. The number of ether oxygens (including phenoxy) is 1. The molecule has 0 fully saturated rings. The molecule has 0 spiro atoms. The van der Waals surface area contributed by atoms with Gasteiger partial charge in [-0.3, -0.25) is 9.79 Å². The van der Waals surface area contributed by atoms with Crippen molar-refractivity contribution in [1.82, 2.24) is 0 Å². The molecule has 6 heteroatoms. The van der Waals surface area contributed by atoms with Gasteiger partial charge in [-0.25, -0.2) is 9.74 Å². The molecule has 1 rings (SSSR count). The molecule has 1 aliphatic carbocycles. The van der Waals surface area contributed by atoms with Gasteiger partial charge >= 0.3 is 5.97 Å². The Balaban J connectivity index is 2.91. The number of halogens is 1. The largest absolute Gasteiger partial charge is 0.497 e. The monoisotopic (exact) mass is 389 g/mol. The Kier molecular flexibility index (Phi) is 10.5. The summed E-state index contributed by atoms with van der Waals surface area (Å²) in [7, 11) is 0. The molecule has 0 bridgehead atoms. The van der Waals surface area contributed by atoms with E-state index in [1.807, 2.05) is 45.1 Å². The lowest BCUT2D eigenvalue weighted by atomic mass is 10.1. The summed E-state index contributed by atoms with van der Waals surface area (Å²) in [5.41, 5.74) is 0.207. The van der Waals surface area contributed by atoms with E-state index in [1.54, 1.807) is 6.08 Å². The van der Waals surface area contributed by atoms with Gasteiger partial charge in [0.05, 0.1) is 12.8 Å².